The molecule has 0 aliphatic heterocycles. The van der Waals surface area contributed by atoms with Crippen molar-refractivity contribution >= 4 is 27.8 Å². The lowest BCUT2D eigenvalue weighted by molar-refractivity contribution is 0.103. The largest absolute Gasteiger partial charge is 0.493 e. The molecule has 2 rings (SSSR count). The van der Waals surface area contributed by atoms with Crippen molar-refractivity contribution in [1.29, 1.82) is 0 Å². The molecule has 22 heavy (non-hydrogen) atoms. The first-order valence-electron chi connectivity index (χ1n) is 7.32. The number of carbonyl (C=O) groups excluding carboxylic acids is 1. The quantitative estimate of drug-likeness (QED) is 0.543. The second-order valence-electron chi connectivity index (χ2n) is 4.76. The van der Waals surface area contributed by atoms with E-state index in [4.69, 9.17) is 4.74 Å². The summed E-state index contributed by atoms with van der Waals surface area (Å²) in [4.78, 5) is 12.3. The third-order valence-corrected chi connectivity index (χ3v) is 3.61. The van der Waals surface area contributed by atoms with Gasteiger partial charge in [-0.15, -0.1) is 0 Å². The smallest absolute Gasteiger partial charge is 0.203 e. The van der Waals surface area contributed by atoms with Gasteiger partial charge in [-0.1, -0.05) is 22.9 Å². The van der Waals surface area contributed by atoms with Gasteiger partial charge >= 0.3 is 0 Å². The number of carbonyl (C=O) groups is 1. The van der Waals surface area contributed by atoms with E-state index in [1.165, 1.54) is 0 Å². The molecule has 2 aromatic rings. The molecule has 0 spiro atoms. The average Bonchev–Trinajstić information content (AvgIpc) is 3.00. The van der Waals surface area contributed by atoms with Crippen molar-refractivity contribution in [1.82, 2.24) is 9.78 Å². The van der Waals surface area contributed by atoms with Gasteiger partial charge in [0.2, 0.25) is 5.78 Å². The number of ether oxygens (including phenoxy) is 1. The molecule has 5 heteroatoms. The summed E-state index contributed by atoms with van der Waals surface area (Å²) in [7, 11) is 0. The van der Waals surface area contributed by atoms with Gasteiger partial charge in [-0.05, 0) is 49.8 Å². The molecular formula is C17H19BrN2O2. The Labute approximate surface area is 138 Å². The van der Waals surface area contributed by atoms with Crippen LogP contribution in [0.2, 0.25) is 0 Å². The van der Waals surface area contributed by atoms with Crippen molar-refractivity contribution in [3.8, 4) is 5.75 Å². The van der Waals surface area contributed by atoms with Gasteiger partial charge in [-0.3, -0.25) is 9.48 Å². The fraction of sp³-hybridized carbons (Fsp3) is 0.294. The van der Waals surface area contributed by atoms with Crippen molar-refractivity contribution in [2.45, 2.75) is 26.8 Å². The van der Waals surface area contributed by atoms with Gasteiger partial charge in [0.25, 0.3) is 0 Å². The minimum Gasteiger partial charge on any atom is -0.493 e. The Kier molecular flexibility index (Phi) is 5.95. The SMILES string of the molecule is CCCOc1ccc(Br)cc1/C=C/C(=O)c1ccnn1CC. The Morgan fingerprint density at radius 2 is 2.18 bits per heavy atom. The first-order chi connectivity index (χ1) is 10.7. The monoisotopic (exact) mass is 362 g/mol. The lowest BCUT2D eigenvalue weighted by atomic mass is 10.1. The zero-order valence-corrected chi connectivity index (χ0v) is 14.3. The van der Waals surface area contributed by atoms with Crippen molar-refractivity contribution in [2.24, 2.45) is 0 Å². The van der Waals surface area contributed by atoms with Crippen molar-refractivity contribution in [2.75, 3.05) is 6.61 Å². The van der Waals surface area contributed by atoms with E-state index in [0.717, 1.165) is 22.2 Å². The van der Waals surface area contributed by atoms with Crippen LogP contribution in [0, 0.1) is 0 Å². The van der Waals surface area contributed by atoms with E-state index in [-0.39, 0.29) is 5.78 Å². The Morgan fingerprint density at radius 3 is 2.91 bits per heavy atom. The van der Waals surface area contributed by atoms with Crippen LogP contribution in [0.5, 0.6) is 5.75 Å². The van der Waals surface area contributed by atoms with Crippen molar-refractivity contribution < 1.29 is 9.53 Å². The molecule has 0 amide bonds. The number of rotatable bonds is 7. The molecule has 0 N–H and O–H groups in total. The van der Waals surface area contributed by atoms with Gasteiger partial charge in [0.1, 0.15) is 11.4 Å². The summed E-state index contributed by atoms with van der Waals surface area (Å²) < 4.78 is 8.34. The molecule has 116 valence electrons. The summed E-state index contributed by atoms with van der Waals surface area (Å²) in [5.74, 6) is 0.707. The number of aryl methyl sites for hydroxylation is 1. The maximum atomic E-state index is 12.3. The molecule has 0 radical (unpaired) electrons. The molecule has 0 saturated heterocycles. The Morgan fingerprint density at radius 1 is 1.36 bits per heavy atom. The minimum absolute atomic E-state index is 0.0687. The first-order valence-corrected chi connectivity index (χ1v) is 8.11. The summed E-state index contributed by atoms with van der Waals surface area (Å²) >= 11 is 3.44. The number of hydrogen-bond acceptors (Lipinski definition) is 3. The van der Waals surface area contributed by atoms with Crippen LogP contribution >= 0.6 is 15.9 Å². The molecule has 0 aliphatic carbocycles. The van der Waals surface area contributed by atoms with Crippen LogP contribution in [-0.4, -0.2) is 22.2 Å². The number of ketones is 1. The topological polar surface area (TPSA) is 44.1 Å². The van der Waals surface area contributed by atoms with Gasteiger partial charge in [0.05, 0.1) is 6.61 Å². The summed E-state index contributed by atoms with van der Waals surface area (Å²) in [5, 5.41) is 4.11. The minimum atomic E-state index is -0.0687. The van der Waals surface area contributed by atoms with E-state index in [0.29, 0.717) is 18.8 Å². The highest BCUT2D eigenvalue weighted by atomic mass is 79.9. The van der Waals surface area contributed by atoms with Crippen LogP contribution in [-0.2, 0) is 6.54 Å². The molecule has 0 bridgehead atoms. The van der Waals surface area contributed by atoms with E-state index in [1.807, 2.05) is 25.1 Å². The van der Waals surface area contributed by atoms with Gasteiger partial charge in [0.15, 0.2) is 0 Å². The second kappa shape index (κ2) is 7.94. The number of hydrogen-bond donors (Lipinski definition) is 0. The van der Waals surface area contributed by atoms with E-state index in [9.17, 15) is 4.79 Å². The molecule has 1 aromatic heterocycles. The number of halogens is 1. The highest BCUT2D eigenvalue weighted by Crippen LogP contribution is 2.25. The lowest BCUT2D eigenvalue weighted by Crippen LogP contribution is -2.07. The van der Waals surface area contributed by atoms with Gasteiger partial charge in [-0.25, -0.2) is 0 Å². The fourth-order valence-electron chi connectivity index (χ4n) is 2.04. The van der Waals surface area contributed by atoms with E-state index < -0.39 is 0 Å². The third-order valence-electron chi connectivity index (χ3n) is 3.12. The number of benzene rings is 1. The number of aromatic nitrogens is 2. The van der Waals surface area contributed by atoms with Crippen LogP contribution in [0.15, 0.2) is 41.0 Å². The van der Waals surface area contributed by atoms with Gasteiger partial charge in [-0.2, -0.15) is 5.10 Å². The fourth-order valence-corrected chi connectivity index (χ4v) is 2.42. The lowest BCUT2D eigenvalue weighted by Gasteiger charge is -2.08. The zero-order valence-electron chi connectivity index (χ0n) is 12.8. The van der Waals surface area contributed by atoms with E-state index in [1.54, 1.807) is 29.1 Å². The molecule has 1 aromatic carbocycles. The second-order valence-corrected chi connectivity index (χ2v) is 5.68. The highest BCUT2D eigenvalue weighted by molar-refractivity contribution is 9.10. The van der Waals surface area contributed by atoms with Gasteiger partial charge < -0.3 is 4.74 Å². The maximum Gasteiger partial charge on any atom is 0.203 e. The molecular weight excluding hydrogens is 344 g/mol. The Hall–Kier alpha value is -1.88. The van der Waals surface area contributed by atoms with Crippen LogP contribution in [0.1, 0.15) is 36.3 Å². The van der Waals surface area contributed by atoms with Crippen LogP contribution in [0.25, 0.3) is 6.08 Å². The highest BCUT2D eigenvalue weighted by Gasteiger charge is 2.08. The van der Waals surface area contributed by atoms with Crippen LogP contribution < -0.4 is 4.74 Å². The first kappa shape index (κ1) is 16.5. The summed E-state index contributed by atoms with van der Waals surface area (Å²) in [6.07, 6.45) is 5.92. The van der Waals surface area contributed by atoms with Crippen LogP contribution in [0.3, 0.4) is 0 Å². The number of allylic oxidation sites excluding steroid dienone is 1. The molecule has 0 atom stereocenters. The summed E-state index contributed by atoms with van der Waals surface area (Å²) in [5.41, 5.74) is 1.46. The normalized spacial score (nSPS) is 11.0. The standard InChI is InChI=1S/C17H19BrN2O2/c1-3-11-22-17-8-6-14(18)12-13(17)5-7-16(21)15-9-10-19-20(15)4-2/h5-10,12H,3-4,11H2,1-2H3/b7-5+. The predicted octanol–water partition coefficient (Wildman–Crippen LogP) is 4.35. The van der Waals surface area contributed by atoms with E-state index in [2.05, 4.69) is 28.0 Å². The molecule has 1 heterocycles. The summed E-state index contributed by atoms with van der Waals surface area (Å²) in [6, 6.07) is 7.49. The summed E-state index contributed by atoms with van der Waals surface area (Å²) in [6.45, 7) is 5.34. The Balaban J connectivity index is 2.22. The molecule has 0 saturated carbocycles. The van der Waals surface area contributed by atoms with E-state index >= 15 is 0 Å². The van der Waals surface area contributed by atoms with Crippen LogP contribution in [0.4, 0.5) is 0 Å². The third kappa shape index (κ3) is 4.07. The molecule has 0 fully saturated rings. The molecule has 0 aliphatic rings. The number of nitrogens with zero attached hydrogens (tertiary/aromatic N) is 2. The van der Waals surface area contributed by atoms with Gasteiger partial charge in [0, 0.05) is 22.8 Å². The maximum absolute atomic E-state index is 12.3. The Bertz CT molecular complexity index is 677. The molecule has 0 unspecified atom stereocenters. The van der Waals surface area contributed by atoms with Crippen molar-refractivity contribution in [3.63, 3.8) is 0 Å². The van der Waals surface area contributed by atoms with Crippen molar-refractivity contribution in [3.05, 3.63) is 52.3 Å². The zero-order chi connectivity index (χ0) is 15.9. The predicted molar refractivity (Wildman–Crippen MR) is 91.2 cm³/mol. The average molecular weight is 363 g/mol. The molecule has 4 nitrogen and oxygen atoms in total.